The molecule has 1 amide bonds. The molecule has 1 N–H and O–H groups in total. The van der Waals surface area contributed by atoms with Crippen LogP contribution in [0.3, 0.4) is 0 Å². The smallest absolute Gasteiger partial charge is 0.239 e. The maximum Gasteiger partial charge on any atom is 0.239 e. The number of fused-ring (bicyclic) bond motifs is 1. The summed E-state index contributed by atoms with van der Waals surface area (Å²) in [6.45, 7) is 0. The summed E-state index contributed by atoms with van der Waals surface area (Å²) in [6.07, 6.45) is 2.59. The molecule has 21 heavy (non-hydrogen) atoms. The van der Waals surface area contributed by atoms with Crippen molar-refractivity contribution < 1.29 is 13.6 Å². The Morgan fingerprint density at radius 3 is 2.81 bits per heavy atom. The van der Waals surface area contributed by atoms with E-state index in [1.165, 1.54) is 6.07 Å². The Bertz CT molecular complexity index is 688. The van der Waals surface area contributed by atoms with Gasteiger partial charge in [-0.15, -0.1) is 0 Å². The summed E-state index contributed by atoms with van der Waals surface area (Å²) in [6, 6.07) is 9.98. The maximum atomic E-state index is 13.5. The lowest BCUT2D eigenvalue weighted by molar-refractivity contribution is -0.117. The Balaban J connectivity index is 1.83. The van der Waals surface area contributed by atoms with E-state index in [1.807, 2.05) is 24.3 Å². The number of carbonyl (C=O) groups excluding carboxylic acids is 1. The molecule has 1 aromatic carbocycles. The fraction of sp³-hybridized carbons (Fsp3) is 0.250. The van der Waals surface area contributed by atoms with Crippen LogP contribution in [0, 0.1) is 11.9 Å². The Hall–Kier alpha value is -2.30. The van der Waals surface area contributed by atoms with Crippen LogP contribution in [-0.4, -0.2) is 10.9 Å². The second kappa shape index (κ2) is 5.60. The van der Waals surface area contributed by atoms with Gasteiger partial charge in [-0.1, -0.05) is 24.3 Å². The zero-order valence-electron chi connectivity index (χ0n) is 11.3. The summed E-state index contributed by atoms with van der Waals surface area (Å²) in [5, 5.41) is 2.50. The fourth-order valence-corrected chi connectivity index (χ4v) is 2.75. The SMILES string of the molecule is O=C(Nc1ccc(F)nc1F)C1CCCc2ccccc21. The fourth-order valence-electron chi connectivity index (χ4n) is 2.75. The molecule has 1 aliphatic rings. The van der Waals surface area contributed by atoms with Gasteiger partial charge < -0.3 is 5.32 Å². The minimum absolute atomic E-state index is 0.0931. The van der Waals surface area contributed by atoms with Crippen molar-refractivity contribution in [2.45, 2.75) is 25.2 Å². The van der Waals surface area contributed by atoms with Gasteiger partial charge in [-0.3, -0.25) is 4.79 Å². The molecule has 1 unspecified atom stereocenters. The highest BCUT2D eigenvalue weighted by Crippen LogP contribution is 2.32. The van der Waals surface area contributed by atoms with Crippen LogP contribution in [0.15, 0.2) is 36.4 Å². The van der Waals surface area contributed by atoms with Gasteiger partial charge in [0.05, 0.1) is 11.6 Å². The first-order chi connectivity index (χ1) is 10.1. The molecule has 0 saturated carbocycles. The number of nitrogens with one attached hydrogen (secondary N) is 1. The second-order valence-corrected chi connectivity index (χ2v) is 5.11. The van der Waals surface area contributed by atoms with Gasteiger partial charge in [0.1, 0.15) is 0 Å². The van der Waals surface area contributed by atoms with Crippen molar-refractivity contribution in [2.75, 3.05) is 5.32 Å². The van der Waals surface area contributed by atoms with Crippen molar-refractivity contribution in [2.24, 2.45) is 0 Å². The average molecular weight is 288 g/mol. The number of nitrogens with zero attached hydrogens (tertiary/aromatic N) is 1. The molecule has 0 radical (unpaired) electrons. The average Bonchev–Trinajstić information content (AvgIpc) is 2.49. The molecule has 2 aromatic rings. The molecule has 3 rings (SSSR count). The monoisotopic (exact) mass is 288 g/mol. The van der Waals surface area contributed by atoms with E-state index < -0.39 is 11.9 Å². The van der Waals surface area contributed by atoms with Gasteiger partial charge in [-0.05, 0) is 42.5 Å². The van der Waals surface area contributed by atoms with Gasteiger partial charge >= 0.3 is 0 Å². The normalized spacial score (nSPS) is 17.1. The molecule has 0 saturated heterocycles. The Morgan fingerprint density at radius 2 is 2.00 bits per heavy atom. The van der Waals surface area contributed by atoms with Crippen molar-refractivity contribution in [1.29, 1.82) is 0 Å². The predicted octanol–water partition coefficient (Wildman–Crippen LogP) is 3.42. The van der Waals surface area contributed by atoms with Crippen molar-refractivity contribution >= 4 is 11.6 Å². The summed E-state index contributed by atoms with van der Waals surface area (Å²) in [5.41, 5.74) is 2.04. The molecule has 0 spiro atoms. The highest BCUT2D eigenvalue weighted by Gasteiger charge is 2.26. The van der Waals surface area contributed by atoms with E-state index in [4.69, 9.17) is 0 Å². The van der Waals surface area contributed by atoms with Crippen LogP contribution in [-0.2, 0) is 11.2 Å². The Labute approximate surface area is 121 Å². The van der Waals surface area contributed by atoms with Gasteiger partial charge in [-0.2, -0.15) is 13.8 Å². The lowest BCUT2D eigenvalue weighted by atomic mass is 9.82. The standard InChI is InChI=1S/C16H14F2N2O/c17-14-9-8-13(15(18)20-14)19-16(21)12-7-3-5-10-4-1-2-6-11(10)12/h1-2,4,6,8-9,12H,3,5,7H2,(H,19,21). The van der Waals surface area contributed by atoms with Gasteiger partial charge in [0.15, 0.2) is 0 Å². The molecular weight excluding hydrogens is 274 g/mol. The van der Waals surface area contributed by atoms with E-state index in [2.05, 4.69) is 10.3 Å². The Morgan fingerprint density at radius 1 is 1.19 bits per heavy atom. The molecular formula is C16H14F2N2O. The van der Waals surface area contributed by atoms with E-state index in [-0.39, 0.29) is 17.5 Å². The van der Waals surface area contributed by atoms with Gasteiger partial charge in [0, 0.05) is 0 Å². The first kappa shape index (κ1) is 13.7. The second-order valence-electron chi connectivity index (χ2n) is 5.11. The summed E-state index contributed by atoms with van der Waals surface area (Å²) >= 11 is 0. The number of hydrogen-bond donors (Lipinski definition) is 1. The molecule has 1 aromatic heterocycles. The summed E-state index contributed by atoms with van der Waals surface area (Å²) in [4.78, 5) is 15.4. The molecule has 0 aliphatic heterocycles. The molecule has 1 aliphatic carbocycles. The number of pyridine rings is 1. The summed E-state index contributed by atoms with van der Waals surface area (Å²) in [7, 11) is 0. The molecule has 108 valence electrons. The number of aromatic nitrogens is 1. The first-order valence-electron chi connectivity index (χ1n) is 6.86. The van der Waals surface area contributed by atoms with Gasteiger partial charge in [0.25, 0.3) is 0 Å². The lowest BCUT2D eigenvalue weighted by Crippen LogP contribution is -2.25. The van der Waals surface area contributed by atoms with Crippen LogP contribution >= 0.6 is 0 Å². The summed E-state index contributed by atoms with van der Waals surface area (Å²) in [5.74, 6) is -2.50. The van der Waals surface area contributed by atoms with Gasteiger partial charge in [0.2, 0.25) is 17.8 Å². The molecule has 3 nitrogen and oxygen atoms in total. The maximum absolute atomic E-state index is 13.5. The molecule has 0 bridgehead atoms. The third-order valence-electron chi connectivity index (χ3n) is 3.76. The first-order valence-corrected chi connectivity index (χ1v) is 6.86. The number of halogens is 2. The number of anilines is 1. The van der Waals surface area contributed by atoms with E-state index in [0.717, 1.165) is 36.5 Å². The van der Waals surface area contributed by atoms with Crippen LogP contribution in [0.4, 0.5) is 14.5 Å². The van der Waals surface area contributed by atoms with Crippen LogP contribution in [0.25, 0.3) is 0 Å². The topological polar surface area (TPSA) is 42.0 Å². The quantitative estimate of drug-likeness (QED) is 0.860. The highest BCUT2D eigenvalue weighted by molar-refractivity contribution is 5.96. The molecule has 5 heteroatoms. The third-order valence-corrected chi connectivity index (χ3v) is 3.76. The number of benzene rings is 1. The van der Waals surface area contributed by atoms with Crippen LogP contribution < -0.4 is 5.32 Å². The zero-order valence-corrected chi connectivity index (χ0v) is 11.3. The van der Waals surface area contributed by atoms with E-state index in [0.29, 0.717) is 0 Å². The van der Waals surface area contributed by atoms with Crippen molar-refractivity contribution in [3.63, 3.8) is 0 Å². The lowest BCUT2D eigenvalue weighted by Gasteiger charge is -2.24. The number of aryl methyl sites for hydroxylation is 1. The molecule has 1 heterocycles. The number of rotatable bonds is 2. The highest BCUT2D eigenvalue weighted by atomic mass is 19.1. The number of carbonyl (C=O) groups is 1. The van der Waals surface area contributed by atoms with Gasteiger partial charge in [-0.25, -0.2) is 0 Å². The third kappa shape index (κ3) is 2.77. The summed E-state index contributed by atoms with van der Waals surface area (Å²) < 4.78 is 26.3. The van der Waals surface area contributed by atoms with Crippen molar-refractivity contribution in [3.05, 3.63) is 59.4 Å². The van der Waals surface area contributed by atoms with Crippen molar-refractivity contribution in [3.8, 4) is 0 Å². The van der Waals surface area contributed by atoms with E-state index >= 15 is 0 Å². The van der Waals surface area contributed by atoms with Crippen molar-refractivity contribution in [1.82, 2.24) is 4.98 Å². The molecule has 1 atom stereocenters. The molecule has 0 fully saturated rings. The minimum Gasteiger partial charge on any atom is -0.322 e. The van der Waals surface area contributed by atoms with E-state index in [9.17, 15) is 13.6 Å². The number of hydrogen-bond acceptors (Lipinski definition) is 2. The minimum atomic E-state index is -1.01. The van der Waals surface area contributed by atoms with E-state index in [1.54, 1.807) is 0 Å². The van der Waals surface area contributed by atoms with Crippen LogP contribution in [0.2, 0.25) is 0 Å². The number of amides is 1. The van der Waals surface area contributed by atoms with Crippen LogP contribution in [0.1, 0.15) is 29.9 Å². The Kier molecular flexibility index (Phi) is 3.64. The van der Waals surface area contributed by atoms with Crippen LogP contribution in [0.5, 0.6) is 0 Å². The largest absolute Gasteiger partial charge is 0.322 e. The zero-order chi connectivity index (χ0) is 14.8. The predicted molar refractivity (Wildman–Crippen MR) is 74.9 cm³/mol.